The topological polar surface area (TPSA) is 72.8 Å². The summed E-state index contributed by atoms with van der Waals surface area (Å²) in [5.74, 6) is -1.40. The highest BCUT2D eigenvalue weighted by atomic mass is 16.6. The van der Waals surface area contributed by atoms with Gasteiger partial charge in [-0.3, -0.25) is 4.79 Å². The molecule has 0 aromatic rings. The molecule has 0 unspecified atom stereocenters. The van der Waals surface area contributed by atoms with Crippen LogP contribution in [0, 0.1) is 11.8 Å². The Hall–Kier alpha value is -1.88. The predicted molar refractivity (Wildman–Crippen MR) is 90.0 cm³/mol. The molecule has 24 heavy (non-hydrogen) atoms. The first-order valence-electron chi connectivity index (χ1n) is 8.36. The molecule has 5 nitrogen and oxygen atoms in total. The molecule has 1 fully saturated rings. The van der Waals surface area contributed by atoms with E-state index in [1.54, 1.807) is 13.8 Å². The molecule has 0 spiro atoms. The van der Waals surface area contributed by atoms with Crippen LogP contribution in [0.3, 0.4) is 0 Å². The van der Waals surface area contributed by atoms with Gasteiger partial charge in [-0.15, -0.1) is 0 Å². The van der Waals surface area contributed by atoms with Crippen LogP contribution in [0.4, 0.5) is 0 Å². The largest absolute Gasteiger partial charge is 0.458 e. The first-order valence-corrected chi connectivity index (χ1v) is 8.36. The van der Waals surface area contributed by atoms with Crippen molar-refractivity contribution < 1.29 is 24.2 Å². The van der Waals surface area contributed by atoms with Gasteiger partial charge in [0.15, 0.2) is 0 Å². The van der Waals surface area contributed by atoms with E-state index in [-0.39, 0.29) is 24.4 Å². The summed E-state index contributed by atoms with van der Waals surface area (Å²) in [7, 11) is 0. The minimum Gasteiger partial charge on any atom is -0.458 e. The van der Waals surface area contributed by atoms with Gasteiger partial charge in [-0.05, 0) is 38.3 Å². The van der Waals surface area contributed by atoms with Gasteiger partial charge in [-0.1, -0.05) is 25.2 Å². The van der Waals surface area contributed by atoms with E-state index >= 15 is 0 Å². The second kappa shape index (κ2) is 7.79. The second-order valence-electron chi connectivity index (χ2n) is 6.77. The fourth-order valence-corrected chi connectivity index (χ4v) is 3.29. The zero-order valence-corrected chi connectivity index (χ0v) is 14.6. The summed E-state index contributed by atoms with van der Waals surface area (Å²) in [5.41, 5.74) is 2.26. The van der Waals surface area contributed by atoms with Gasteiger partial charge in [0.25, 0.3) is 0 Å². The second-order valence-corrected chi connectivity index (χ2v) is 6.77. The maximum Gasteiger partial charge on any atom is 0.333 e. The van der Waals surface area contributed by atoms with E-state index in [0.29, 0.717) is 12.0 Å². The number of aliphatic hydroxyl groups is 1. The van der Waals surface area contributed by atoms with Crippen molar-refractivity contribution in [3.63, 3.8) is 0 Å². The van der Waals surface area contributed by atoms with Gasteiger partial charge in [-0.25, -0.2) is 4.79 Å². The summed E-state index contributed by atoms with van der Waals surface area (Å²) in [6, 6.07) is 0. The minimum atomic E-state index is -0.483. The van der Waals surface area contributed by atoms with Crippen LogP contribution in [-0.2, 0) is 19.1 Å². The van der Waals surface area contributed by atoms with E-state index in [1.165, 1.54) is 0 Å². The first-order chi connectivity index (χ1) is 11.3. The molecular weight excluding hydrogens is 308 g/mol. The molecule has 132 valence electrons. The average molecular weight is 334 g/mol. The van der Waals surface area contributed by atoms with E-state index in [2.05, 4.69) is 12.7 Å². The lowest BCUT2D eigenvalue weighted by Crippen LogP contribution is -2.36. The molecule has 2 aliphatic rings. The Labute approximate surface area is 143 Å². The van der Waals surface area contributed by atoms with Crippen molar-refractivity contribution in [1.29, 1.82) is 0 Å². The summed E-state index contributed by atoms with van der Waals surface area (Å²) >= 11 is 0. The molecule has 0 bridgehead atoms. The molecule has 0 aromatic carbocycles. The molecular formula is C19H26O5. The van der Waals surface area contributed by atoms with Crippen LogP contribution in [-0.4, -0.2) is 35.9 Å². The fraction of sp³-hybridized carbons (Fsp3) is 0.579. The van der Waals surface area contributed by atoms with Crippen LogP contribution in [0.15, 0.2) is 35.5 Å². The quantitative estimate of drug-likeness (QED) is 0.488. The number of carbonyl (C=O) groups is 2. The standard InChI is InChI=1S/C19H26O5/c1-11(2)18(21)23-15-8-12(3)6-5-7-14(10-20)9-16-17(15)13(4)19(22)24-16/h6,9,13,15-17,20H,1,5,7-8,10H2,2-4H3/b12-6+,14-9-/t13-,15-,16+,17+/m0/s1. The molecule has 4 atom stereocenters. The average Bonchev–Trinajstić information content (AvgIpc) is 2.79. The van der Waals surface area contributed by atoms with Gasteiger partial charge in [0.05, 0.1) is 18.4 Å². The van der Waals surface area contributed by atoms with Gasteiger partial charge >= 0.3 is 11.9 Å². The Kier molecular flexibility index (Phi) is 5.99. The molecule has 1 N–H and O–H groups in total. The maximum absolute atomic E-state index is 12.1. The van der Waals surface area contributed by atoms with Crippen LogP contribution < -0.4 is 0 Å². The van der Waals surface area contributed by atoms with Crippen molar-refractivity contribution in [2.24, 2.45) is 11.8 Å². The lowest BCUT2D eigenvalue weighted by molar-refractivity contribution is -0.148. The summed E-state index contributed by atoms with van der Waals surface area (Å²) in [6.07, 6.45) is 5.04. The Balaban J connectivity index is 2.39. The van der Waals surface area contributed by atoms with E-state index in [9.17, 15) is 14.7 Å². The number of rotatable bonds is 3. The predicted octanol–water partition coefficient (Wildman–Crippen LogP) is 2.70. The van der Waals surface area contributed by atoms with E-state index < -0.39 is 18.2 Å². The molecule has 0 amide bonds. The lowest BCUT2D eigenvalue weighted by atomic mass is 9.82. The lowest BCUT2D eigenvalue weighted by Gasteiger charge is -2.29. The molecule has 1 saturated heterocycles. The maximum atomic E-state index is 12.1. The number of ether oxygens (including phenoxy) is 2. The van der Waals surface area contributed by atoms with Crippen molar-refractivity contribution in [1.82, 2.24) is 0 Å². The van der Waals surface area contributed by atoms with Crippen LogP contribution in [0.2, 0.25) is 0 Å². The van der Waals surface area contributed by atoms with Crippen molar-refractivity contribution >= 4 is 11.9 Å². The number of esters is 2. The molecule has 5 heteroatoms. The van der Waals surface area contributed by atoms with Crippen molar-refractivity contribution in [2.45, 2.75) is 52.2 Å². The minimum absolute atomic E-state index is 0.0712. The molecule has 0 aromatic heterocycles. The summed E-state index contributed by atoms with van der Waals surface area (Å²) < 4.78 is 11.1. The summed E-state index contributed by atoms with van der Waals surface area (Å²) in [5, 5.41) is 9.55. The molecule has 1 aliphatic heterocycles. The molecule has 1 heterocycles. The summed E-state index contributed by atoms with van der Waals surface area (Å²) in [6.45, 7) is 8.95. The van der Waals surface area contributed by atoms with Crippen LogP contribution in [0.25, 0.3) is 0 Å². The Morgan fingerprint density at radius 1 is 1.50 bits per heavy atom. The number of aliphatic hydroxyl groups excluding tert-OH is 1. The van der Waals surface area contributed by atoms with Crippen LogP contribution >= 0.6 is 0 Å². The third-order valence-electron chi connectivity index (χ3n) is 4.70. The number of hydrogen-bond donors (Lipinski definition) is 1. The van der Waals surface area contributed by atoms with Gasteiger partial charge in [0.2, 0.25) is 0 Å². The zero-order valence-electron chi connectivity index (χ0n) is 14.6. The third kappa shape index (κ3) is 4.15. The van der Waals surface area contributed by atoms with Crippen molar-refractivity contribution in [2.75, 3.05) is 6.61 Å². The Bertz CT molecular complexity index is 587. The number of allylic oxidation sites excluding steroid dienone is 1. The van der Waals surface area contributed by atoms with E-state index in [1.807, 2.05) is 13.0 Å². The highest BCUT2D eigenvalue weighted by Crippen LogP contribution is 2.37. The van der Waals surface area contributed by atoms with Gasteiger partial charge in [0.1, 0.15) is 12.2 Å². The Morgan fingerprint density at radius 3 is 2.83 bits per heavy atom. The molecule has 0 saturated carbocycles. The molecule has 1 aliphatic carbocycles. The van der Waals surface area contributed by atoms with Gasteiger partial charge in [0, 0.05) is 12.0 Å². The highest BCUT2D eigenvalue weighted by molar-refractivity contribution is 5.87. The smallest absolute Gasteiger partial charge is 0.333 e. The monoisotopic (exact) mass is 334 g/mol. The Morgan fingerprint density at radius 2 is 2.21 bits per heavy atom. The highest BCUT2D eigenvalue weighted by Gasteiger charge is 2.47. The SMILES string of the molecule is C=C(C)C(=O)O[C@H]1C/C(C)=C/CC/C(CO)=C/[C@H]2OC(=O)[C@@H](C)[C@H]12. The number of hydrogen-bond acceptors (Lipinski definition) is 5. The normalized spacial score (nSPS) is 34.9. The van der Waals surface area contributed by atoms with Gasteiger partial charge in [-0.2, -0.15) is 0 Å². The fourth-order valence-electron chi connectivity index (χ4n) is 3.29. The number of fused-ring (bicyclic) bond motifs is 1. The zero-order chi connectivity index (χ0) is 17.9. The van der Waals surface area contributed by atoms with Crippen LogP contribution in [0.5, 0.6) is 0 Å². The number of carbonyl (C=O) groups excluding carboxylic acids is 2. The van der Waals surface area contributed by atoms with E-state index in [0.717, 1.165) is 24.0 Å². The van der Waals surface area contributed by atoms with Gasteiger partial charge < -0.3 is 14.6 Å². The summed E-state index contributed by atoms with van der Waals surface area (Å²) in [4.78, 5) is 24.1. The van der Waals surface area contributed by atoms with Crippen molar-refractivity contribution in [3.8, 4) is 0 Å². The van der Waals surface area contributed by atoms with Crippen molar-refractivity contribution in [3.05, 3.63) is 35.5 Å². The first kappa shape index (κ1) is 18.5. The van der Waals surface area contributed by atoms with Crippen LogP contribution in [0.1, 0.15) is 40.0 Å². The third-order valence-corrected chi connectivity index (χ3v) is 4.70. The van der Waals surface area contributed by atoms with E-state index in [4.69, 9.17) is 9.47 Å². The molecule has 2 rings (SSSR count). The molecule has 0 radical (unpaired) electrons.